The first-order valence-corrected chi connectivity index (χ1v) is 11.4. The Morgan fingerprint density at radius 2 is 1.68 bits per heavy atom. The van der Waals surface area contributed by atoms with Crippen LogP contribution in [-0.2, 0) is 9.47 Å². The van der Waals surface area contributed by atoms with E-state index >= 15 is 0 Å². The van der Waals surface area contributed by atoms with Gasteiger partial charge in [0.25, 0.3) is 0 Å². The number of hydrogen-bond donors (Lipinski definition) is 0. The number of methoxy groups -OCH3 is 1. The number of allylic oxidation sites excluding steroid dienone is 1. The molecule has 0 aromatic heterocycles. The highest BCUT2D eigenvalue weighted by atomic mass is 19.2. The van der Waals surface area contributed by atoms with Crippen molar-refractivity contribution in [2.24, 2.45) is 0 Å². The van der Waals surface area contributed by atoms with Crippen molar-refractivity contribution in [3.8, 4) is 16.9 Å². The topological polar surface area (TPSA) is 27.7 Å². The average Bonchev–Trinajstić information content (AvgIpc) is 2.85. The summed E-state index contributed by atoms with van der Waals surface area (Å²) < 4.78 is 59.8. The number of rotatable bonds is 10. The van der Waals surface area contributed by atoms with E-state index in [2.05, 4.69) is 13.2 Å². The molecule has 1 fully saturated rings. The summed E-state index contributed by atoms with van der Waals surface area (Å²) in [5.74, 6) is -1.65. The van der Waals surface area contributed by atoms with Crippen LogP contribution in [0, 0.1) is 11.6 Å². The van der Waals surface area contributed by atoms with Crippen LogP contribution in [0.5, 0.6) is 5.75 Å². The van der Waals surface area contributed by atoms with Crippen LogP contribution in [0.4, 0.5) is 13.2 Å². The van der Waals surface area contributed by atoms with Crippen molar-refractivity contribution in [2.45, 2.75) is 44.6 Å². The predicted molar refractivity (Wildman–Crippen MR) is 128 cm³/mol. The quantitative estimate of drug-likeness (QED) is 0.263. The molecule has 0 saturated heterocycles. The molecule has 1 aliphatic rings. The van der Waals surface area contributed by atoms with Crippen LogP contribution in [0.25, 0.3) is 11.1 Å². The summed E-state index contributed by atoms with van der Waals surface area (Å²) in [7, 11) is 1.55. The summed E-state index contributed by atoms with van der Waals surface area (Å²) in [5.41, 5.74) is 1.70. The highest BCUT2D eigenvalue weighted by molar-refractivity contribution is 5.65. The zero-order chi connectivity index (χ0) is 24.7. The fourth-order valence-electron chi connectivity index (χ4n) is 4.18. The van der Waals surface area contributed by atoms with Crippen LogP contribution in [0.1, 0.15) is 44.1 Å². The normalized spacial score (nSPS) is 18.4. The Kier molecular flexibility index (Phi) is 8.99. The molecule has 0 spiro atoms. The number of halogens is 3. The number of ether oxygens (including phenoxy) is 3. The zero-order valence-electron chi connectivity index (χ0n) is 19.7. The van der Waals surface area contributed by atoms with Crippen LogP contribution in [0.2, 0.25) is 0 Å². The molecule has 2 aromatic carbocycles. The van der Waals surface area contributed by atoms with Gasteiger partial charge in [-0.2, -0.15) is 0 Å². The standard InChI is InChI=1S/C28H31F3O3/c1-5-33-19(3)26(29)16-18(2)17-34-23-12-8-21(9-13-23)25-15-14-24(27(30)28(25)31)20-6-10-22(32-4)11-7-20/h6-7,10-11,14-16,21,23H,2-3,5,8-9,12-13,17H2,1,4H3/b26-16+. The summed E-state index contributed by atoms with van der Waals surface area (Å²) in [5, 5.41) is 0. The first-order valence-electron chi connectivity index (χ1n) is 11.4. The van der Waals surface area contributed by atoms with Gasteiger partial charge in [-0.3, -0.25) is 0 Å². The van der Waals surface area contributed by atoms with Crippen molar-refractivity contribution in [3.05, 3.63) is 90.0 Å². The van der Waals surface area contributed by atoms with Gasteiger partial charge in [0, 0.05) is 5.56 Å². The molecule has 0 atom stereocenters. The zero-order valence-corrected chi connectivity index (χ0v) is 19.7. The summed E-state index contributed by atoms with van der Waals surface area (Å²) in [6.07, 6.45) is 3.99. The van der Waals surface area contributed by atoms with Crippen LogP contribution >= 0.6 is 0 Å². The summed E-state index contributed by atoms with van der Waals surface area (Å²) in [6.45, 7) is 9.60. The maximum absolute atomic E-state index is 15.0. The van der Waals surface area contributed by atoms with Gasteiger partial charge < -0.3 is 14.2 Å². The van der Waals surface area contributed by atoms with Gasteiger partial charge in [0.05, 0.1) is 26.4 Å². The van der Waals surface area contributed by atoms with Gasteiger partial charge in [-0.05, 0) is 73.4 Å². The predicted octanol–water partition coefficient (Wildman–Crippen LogP) is 7.64. The first-order chi connectivity index (χ1) is 16.3. The molecule has 34 heavy (non-hydrogen) atoms. The Morgan fingerprint density at radius 3 is 2.29 bits per heavy atom. The van der Waals surface area contributed by atoms with E-state index in [4.69, 9.17) is 14.2 Å². The smallest absolute Gasteiger partial charge is 0.166 e. The monoisotopic (exact) mass is 472 g/mol. The maximum atomic E-state index is 15.0. The van der Waals surface area contributed by atoms with Crippen molar-refractivity contribution < 1.29 is 27.4 Å². The largest absolute Gasteiger partial charge is 0.497 e. The van der Waals surface area contributed by atoms with E-state index in [1.807, 2.05) is 0 Å². The van der Waals surface area contributed by atoms with Crippen LogP contribution in [-0.4, -0.2) is 26.4 Å². The average molecular weight is 473 g/mol. The second kappa shape index (κ2) is 11.9. The van der Waals surface area contributed by atoms with Gasteiger partial charge in [0.15, 0.2) is 17.5 Å². The van der Waals surface area contributed by atoms with Gasteiger partial charge in [0.1, 0.15) is 11.5 Å². The van der Waals surface area contributed by atoms with E-state index in [1.165, 1.54) is 6.08 Å². The van der Waals surface area contributed by atoms with Gasteiger partial charge in [-0.15, -0.1) is 0 Å². The molecule has 3 nitrogen and oxygen atoms in total. The van der Waals surface area contributed by atoms with E-state index in [0.29, 0.717) is 54.7 Å². The third kappa shape index (κ3) is 6.32. The van der Waals surface area contributed by atoms with Gasteiger partial charge in [-0.1, -0.05) is 37.4 Å². The lowest BCUT2D eigenvalue weighted by Gasteiger charge is -2.29. The molecule has 0 heterocycles. The lowest BCUT2D eigenvalue weighted by atomic mass is 9.82. The second-order valence-corrected chi connectivity index (χ2v) is 8.35. The minimum absolute atomic E-state index is 0.0311. The molecule has 2 aromatic rings. The Bertz CT molecular complexity index is 1040. The first kappa shape index (κ1) is 25.6. The van der Waals surface area contributed by atoms with Crippen LogP contribution in [0.15, 0.2) is 72.8 Å². The van der Waals surface area contributed by atoms with Crippen LogP contribution in [0.3, 0.4) is 0 Å². The molecule has 0 aliphatic heterocycles. The molecule has 1 aliphatic carbocycles. The summed E-state index contributed by atoms with van der Waals surface area (Å²) in [4.78, 5) is 0. The molecule has 182 valence electrons. The van der Waals surface area contributed by atoms with E-state index in [9.17, 15) is 13.2 Å². The molecular weight excluding hydrogens is 441 g/mol. The Labute approximate surface area is 199 Å². The Morgan fingerprint density at radius 1 is 1.00 bits per heavy atom. The van der Waals surface area contributed by atoms with E-state index in [0.717, 1.165) is 0 Å². The third-order valence-corrected chi connectivity index (χ3v) is 6.05. The minimum atomic E-state index is -0.834. The molecular formula is C28H31F3O3. The lowest BCUT2D eigenvalue weighted by molar-refractivity contribution is 0.0393. The highest BCUT2D eigenvalue weighted by Crippen LogP contribution is 2.38. The maximum Gasteiger partial charge on any atom is 0.166 e. The van der Waals surface area contributed by atoms with E-state index < -0.39 is 17.5 Å². The van der Waals surface area contributed by atoms with E-state index in [1.54, 1.807) is 50.4 Å². The fourth-order valence-corrected chi connectivity index (χ4v) is 4.18. The van der Waals surface area contributed by atoms with Crippen molar-refractivity contribution in [1.82, 2.24) is 0 Å². The van der Waals surface area contributed by atoms with Gasteiger partial charge in [-0.25, -0.2) is 13.2 Å². The molecule has 0 amide bonds. The van der Waals surface area contributed by atoms with Gasteiger partial charge in [0.2, 0.25) is 0 Å². The molecule has 0 bridgehead atoms. The van der Waals surface area contributed by atoms with Crippen molar-refractivity contribution in [3.63, 3.8) is 0 Å². The number of benzene rings is 2. The molecule has 0 N–H and O–H groups in total. The van der Waals surface area contributed by atoms with E-state index in [-0.39, 0.29) is 30.0 Å². The molecule has 0 unspecified atom stereocenters. The summed E-state index contributed by atoms with van der Waals surface area (Å²) >= 11 is 0. The molecule has 3 rings (SSSR count). The molecule has 0 radical (unpaired) electrons. The van der Waals surface area contributed by atoms with Crippen molar-refractivity contribution in [1.29, 1.82) is 0 Å². The molecule has 1 saturated carbocycles. The Balaban J connectivity index is 1.56. The lowest BCUT2D eigenvalue weighted by Crippen LogP contribution is -2.22. The SMILES string of the molecule is C=C(/C=C(/F)C(=C)OCC)COC1CCC(c2ccc(-c3ccc(OC)cc3)c(F)c2F)CC1. The molecule has 6 heteroatoms. The Hall–Kier alpha value is -2.99. The minimum Gasteiger partial charge on any atom is -0.497 e. The van der Waals surface area contributed by atoms with Crippen molar-refractivity contribution in [2.75, 3.05) is 20.3 Å². The fraction of sp³-hybridized carbons (Fsp3) is 0.357. The van der Waals surface area contributed by atoms with Gasteiger partial charge >= 0.3 is 0 Å². The summed E-state index contributed by atoms with van der Waals surface area (Å²) in [6, 6.07) is 10.2. The van der Waals surface area contributed by atoms with Crippen molar-refractivity contribution >= 4 is 0 Å². The number of hydrogen-bond acceptors (Lipinski definition) is 3. The second-order valence-electron chi connectivity index (χ2n) is 8.35. The third-order valence-electron chi connectivity index (χ3n) is 6.05. The van der Waals surface area contributed by atoms with Crippen LogP contribution < -0.4 is 4.74 Å². The highest BCUT2D eigenvalue weighted by Gasteiger charge is 2.27.